The minimum Gasteiger partial charge on any atom is -0.464 e. The molecule has 1 aliphatic rings. The summed E-state index contributed by atoms with van der Waals surface area (Å²) in [6, 6.07) is 6.54. The van der Waals surface area contributed by atoms with Crippen LogP contribution in [0.3, 0.4) is 0 Å². The zero-order chi connectivity index (χ0) is 27.5. The van der Waals surface area contributed by atoms with E-state index in [0.717, 1.165) is 17.8 Å². The fourth-order valence-electron chi connectivity index (χ4n) is 2.66. The second-order valence-electron chi connectivity index (χ2n) is 6.81. The zero-order valence-corrected chi connectivity index (χ0v) is 21.0. The van der Waals surface area contributed by atoms with Crippen molar-refractivity contribution in [3.8, 4) is 0 Å². The number of nitrogens with two attached hydrogens (primary N) is 1. The molecular weight excluding hydrogens is 484 g/mol. The number of carbonyl (C=O) groups excluding carboxylic acids is 4. The number of ether oxygens (including phenoxy) is 3. The van der Waals surface area contributed by atoms with E-state index in [2.05, 4.69) is 30.3 Å². The molecule has 13 heteroatoms. The Kier molecular flexibility index (Phi) is 14.7. The number of carbonyl (C=O) groups is 4. The molecule has 3 rings (SSSR count). The second-order valence-corrected chi connectivity index (χ2v) is 6.81. The molecule has 1 amide bonds. The lowest BCUT2D eigenvalue weighted by atomic mass is 10.2. The minimum atomic E-state index is -0.619. The van der Waals surface area contributed by atoms with Gasteiger partial charge in [0.1, 0.15) is 0 Å². The van der Waals surface area contributed by atoms with Crippen LogP contribution in [0.15, 0.2) is 61.2 Å². The van der Waals surface area contributed by atoms with Gasteiger partial charge in [0.25, 0.3) is 0 Å². The fourth-order valence-corrected chi connectivity index (χ4v) is 2.66. The topological polar surface area (TPSA) is 175 Å². The SMILES string of the molecule is CCOC(=O)/C=C\C(=O)OCC.CCOC(=O)C1CC(=O)NN1c1cccnc1.NNc1cccnc1. The second kappa shape index (κ2) is 17.8. The number of nitrogens with zero attached hydrogens (tertiary/aromatic N) is 3. The van der Waals surface area contributed by atoms with Crippen molar-refractivity contribution in [3.63, 3.8) is 0 Å². The minimum absolute atomic E-state index is 0.105. The van der Waals surface area contributed by atoms with E-state index in [0.29, 0.717) is 25.5 Å². The molecule has 1 aliphatic heterocycles. The summed E-state index contributed by atoms with van der Waals surface area (Å²) in [7, 11) is 0. The molecule has 1 unspecified atom stereocenters. The van der Waals surface area contributed by atoms with Crippen LogP contribution in [-0.4, -0.2) is 59.6 Å². The number of nitrogens with one attached hydrogen (secondary N) is 2. The van der Waals surface area contributed by atoms with Crippen LogP contribution < -0.4 is 21.7 Å². The van der Waals surface area contributed by atoms with Gasteiger partial charge in [0.2, 0.25) is 5.91 Å². The molecule has 200 valence electrons. The summed E-state index contributed by atoms with van der Waals surface area (Å²) in [6.07, 6.45) is 8.75. The molecule has 13 nitrogen and oxygen atoms in total. The number of aromatic nitrogens is 2. The number of pyridine rings is 2. The summed E-state index contributed by atoms with van der Waals surface area (Å²) >= 11 is 0. The van der Waals surface area contributed by atoms with Gasteiger partial charge in [-0.1, -0.05) is 0 Å². The average molecular weight is 517 g/mol. The fraction of sp³-hybridized carbons (Fsp3) is 0.333. The lowest BCUT2D eigenvalue weighted by Gasteiger charge is -2.23. The van der Waals surface area contributed by atoms with Crippen molar-refractivity contribution in [1.29, 1.82) is 0 Å². The Labute approximate surface area is 214 Å². The lowest BCUT2D eigenvalue weighted by molar-refractivity contribution is -0.145. The summed E-state index contributed by atoms with van der Waals surface area (Å²) in [5, 5.41) is 1.49. The maximum absolute atomic E-state index is 11.7. The van der Waals surface area contributed by atoms with Gasteiger partial charge in [-0.2, -0.15) is 0 Å². The van der Waals surface area contributed by atoms with Crippen molar-refractivity contribution < 1.29 is 33.4 Å². The number of amides is 1. The molecule has 0 bridgehead atoms. The zero-order valence-electron chi connectivity index (χ0n) is 21.0. The van der Waals surface area contributed by atoms with Gasteiger partial charge in [0, 0.05) is 24.5 Å². The Balaban J connectivity index is 0.000000299. The predicted molar refractivity (Wildman–Crippen MR) is 134 cm³/mol. The number of anilines is 2. The molecular formula is C24H32N6O7. The highest BCUT2D eigenvalue weighted by atomic mass is 16.5. The van der Waals surface area contributed by atoms with Crippen molar-refractivity contribution in [1.82, 2.24) is 15.4 Å². The van der Waals surface area contributed by atoms with Crippen LogP contribution in [0.25, 0.3) is 0 Å². The molecule has 37 heavy (non-hydrogen) atoms. The number of hydrogen-bond acceptors (Lipinski definition) is 12. The van der Waals surface area contributed by atoms with E-state index < -0.39 is 23.9 Å². The van der Waals surface area contributed by atoms with Gasteiger partial charge in [-0.05, 0) is 45.0 Å². The Hall–Kier alpha value is -4.52. The van der Waals surface area contributed by atoms with Crippen LogP contribution >= 0.6 is 0 Å². The van der Waals surface area contributed by atoms with E-state index >= 15 is 0 Å². The Bertz CT molecular complexity index is 985. The van der Waals surface area contributed by atoms with E-state index in [9.17, 15) is 19.2 Å². The van der Waals surface area contributed by atoms with Crippen LogP contribution in [0.4, 0.5) is 11.4 Å². The monoisotopic (exact) mass is 516 g/mol. The predicted octanol–water partition coefficient (Wildman–Crippen LogP) is 1.29. The van der Waals surface area contributed by atoms with E-state index in [1.807, 2.05) is 12.1 Å². The highest BCUT2D eigenvalue weighted by Crippen LogP contribution is 2.20. The molecule has 0 aromatic carbocycles. The maximum atomic E-state index is 11.7. The standard InChI is InChI=1S/C11H13N3O3.C8H12O4.C5H7N3/c1-2-17-11(16)9-6-10(15)13-14(9)8-4-3-5-12-7-8;1-3-11-7(9)5-6-8(10)12-4-2;6-8-5-2-1-3-7-4-5/h3-5,7,9H,2,6H2,1H3,(H,13,15);5-6H,3-4H2,1-2H3;1-4,8H,6H2/b;6-5-;. The van der Waals surface area contributed by atoms with Crippen LogP contribution in [0.1, 0.15) is 27.2 Å². The third-order valence-electron chi connectivity index (χ3n) is 4.18. The molecule has 1 atom stereocenters. The Morgan fingerprint density at radius 2 is 1.57 bits per heavy atom. The van der Waals surface area contributed by atoms with Gasteiger partial charge in [0.15, 0.2) is 6.04 Å². The highest BCUT2D eigenvalue weighted by Gasteiger charge is 2.37. The van der Waals surface area contributed by atoms with Crippen LogP contribution in [0.5, 0.6) is 0 Å². The quantitative estimate of drug-likeness (QED) is 0.151. The molecule has 1 saturated heterocycles. The van der Waals surface area contributed by atoms with Crippen LogP contribution in [0, 0.1) is 0 Å². The largest absolute Gasteiger partial charge is 0.464 e. The van der Waals surface area contributed by atoms with Crippen molar-refractivity contribution in [2.24, 2.45) is 5.84 Å². The molecule has 3 heterocycles. The van der Waals surface area contributed by atoms with Gasteiger partial charge in [-0.15, -0.1) is 0 Å². The molecule has 1 fully saturated rings. The molecule has 0 spiro atoms. The van der Waals surface area contributed by atoms with Gasteiger partial charge >= 0.3 is 17.9 Å². The smallest absolute Gasteiger partial charge is 0.331 e. The van der Waals surface area contributed by atoms with Crippen molar-refractivity contribution in [2.75, 3.05) is 30.3 Å². The van der Waals surface area contributed by atoms with Gasteiger partial charge in [-0.25, -0.2) is 14.4 Å². The molecule has 4 N–H and O–H groups in total. The summed E-state index contributed by atoms with van der Waals surface area (Å²) in [5.41, 5.74) is 6.57. The third-order valence-corrected chi connectivity index (χ3v) is 4.18. The summed E-state index contributed by atoms with van der Waals surface area (Å²) in [6.45, 7) is 6.01. The van der Waals surface area contributed by atoms with Gasteiger partial charge in [-0.3, -0.25) is 31.0 Å². The number of hydrogen-bond donors (Lipinski definition) is 3. The van der Waals surface area contributed by atoms with E-state index in [-0.39, 0.29) is 12.3 Å². The molecule has 0 radical (unpaired) electrons. The summed E-state index contributed by atoms with van der Waals surface area (Å²) in [5.74, 6) is 3.38. The third kappa shape index (κ3) is 12.1. The van der Waals surface area contributed by atoms with Crippen LogP contribution in [-0.2, 0) is 33.4 Å². The number of nitrogen functional groups attached to an aromatic ring is 1. The first kappa shape index (κ1) is 30.5. The number of hydrazine groups is 2. The van der Waals surface area contributed by atoms with Crippen molar-refractivity contribution >= 4 is 35.2 Å². The number of esters is 3. The van der Waals surface area contributed by atoms with Gasteiger partial charge in [0.05, 0.1) is 50.0 Å². The first-order valence-electron chi connectivity index (χ1n) is 11.4. The van der Waals surface area contributed by atoms with Gasteiger partial charge < -0.3 is 19.6 Å². The summed E-state index contributed by atoms with van der Waals surface area (Å²) in [4.78, 5) is 52.1. The molecule has 2 aromatic rings. The normalized spacial score (nSPS) is 13.8. The van der Waals surface area contributed by atoms with E-state index in [1.165, 1.54) is 5.01 Å². The highest BCUT2D eigenvalue weighted by molar-refractivity contribution is 5.93. The van der Waals surface area contributed by atoms with E-state index in [4.69, 9.17) is 10.6 Å². The van der Waals surface area contributed by atoms with Crippen molar-refractivity contribution in [2.45, 2.75) is 33.2 Å². The number of rotatable bonds is 8. The molecule has 0 aliphatic carbocycles. The molecule has 0 saturated carbocycles. The first-order valence-corrected chi connectivity index (χ1v) is 11.4. The first-order chi connectivity index (χ1) is 17.9. The van der Waals surface area contributed by atoms with Crippen LogP contribution in [0.2, 0.25) is 0 Å². The maximum Gasteiger partial charge on any atom is 0.331 e. The summed E-state index contributed by atoms with van der Waals surface area (Å²) < 4.78 is 14.0. The Morgan fingerprint density at radius 1 is 1.00 bits per heavy atom. The van der Waals surface area contributed by atoms with E-state index in [1.54, 1.807) is 57.7 Å². The molecule has 2 aromatic heterocycles. The van der Waals surface area contributed by atoms with Crippen molar-refractivity contribution in [3.05, 3.63) is 61.2 Å². The average Bonchev–Trinajstić information content (AvgIpc) is 3.31. The lowest BCUT2D eigenvalue weighted by Crippen LogP contribution is -2.43. The Morgan fingerprint density at radius 3 is 2.00 bits per heavy atom.